The summed E-state index contributed by atoms with van der Waals surface area (Å²) in [5.41, 5.74) is 0. The third-order valence-electron chi connectivity index (χ3n) is 3.36. The zero-order valence-electron chi connectivity index (χ0n) is 9.60. The van der Waals surface area contributed by atoms with Crippen LogP contribution < -0.4 is 5.32 Å². The van der Waals surface area contributed by atoms with E-state index in [2.05, 4.69) is 24.9 Å². The van der Waals surface area contributed by atoms with E-state index in [0.717, 1.165) is 18.9 Å². The van der Waals surface area contributed by atoms with Gasteiger partial charge in [0.25, 0.3) is 0 Å². The van der Waals surface area contributed by atoms with Gasteiger partial charge in [-0.1, -0.05) is 38.7 Å². The highest BCUT2D eigenvalue weighted by Crippen LogP contribution is 2.26. The second-order valence-electron chi connectivity index (χ2n) is 4.44. The average Bonchev–Trinajstić information content (AvgIpc) is 2.45. The first-order valence-electron chi connectivity index (χ1n) is 6.22. The molecule has 1 aliphatic carbocycles. The van der Waals surface area contributed by atoms with Crippen molar-refractivity contribution in [2.75, 3.05) is 6.54 Å². The molecule has 1 N–H and O–H groups in total. The fourth-order valence-corrected chi connectivity index (χ4v) is 2.60. The van der Waals surface area contributed by atoms with Crippen molar-refractivity contribution in [3.05, 3.63) is 12.7 Å². The van der Waals surface area contributed by atoms with E-state index in [4.69, 9.17) is 0 Å². The fourth-order valence-electron chi connectivity index (χ4n) is 2.60. The molecule has 0 aromatic carbocycles. The molecule has 1 saturated carbocycles. The molecule has 0 heterocycles. The normalized spacial score (nSPS) is 21.5. The molecule has 1 heteroatoms. The monoisotopic (exact) mass is 195 g/mol. The Hall–Kier alpha value is -0.300. The molecule has 14 heavy (non-hydrogen) atoms. The molecule has 0 aromatic rings. The zero-order chi connectivity index (χ0) is 10.2. The van der Waals surface area contributed by atoms with Gasteiger partial charge in [0.05, 0.1) is 0 Å². The molecule has 0 radical (unpaired) electrons. The average molecular weight is 195 g/mol. The molecule has 0 amide bonds. The summed E-state index contributed by atoms with van der Waals surface area (Å²) in [5.74, 6) is 0.899. The summed E-state index contributed by atoms with van der Waals surface area (Å²) < 4.78 is 0. The van der Waals surface area contributed by atoms with E-state index in [1.54, 1.807) is 0 Å². The van der Waals surface area contributed by atoms with Gasteiger partial charge in [0.2, 0.25) is 0 Å². The number of rotatable bonds is 5. The van der Waals surface area contributed by atoms with Gasteiger partial charge in [-0.15, -0.1) is 6.58 Å². The van der Waals surface area contributed by atoms with Crippen LogP contribution in [0.2, 0.25) is 0 Å². The van der Waals surface area contributed by atoms with Crippen LogP contribution in [0.5, 0.6) is 0 Å². The highest BCUT2D eigenvalue weighted by atomic mass is 14.9. The second-order valence-corrected chi connectivity index (χ2v) is 4.44. The van der Waals surface area contributed by atoms with Crippen molar-refractivity contribution in [2.24, 2.45) is 5.92 Å². The molecule has 1 unspecified atom stereocenters. The van der Waals surface area contributed by atoms with Crippen LogP contribution in [0, 0.1) is 5.92 Å². The number of hydrogen-bond acceptors (Lipinski definition) is 1. The topological polar surface area (TPSA) is 12.0 Å². The minimum atomic E-state index is 0.690. The van der Waals surface area contributed by atoms with Gasteiger partial charge < -0.3 is 5.32 Å². The Morgan fingerprint density at radius 2 is 1.93 bits per heavy atom. The maximum Gasteiger partial charge on any atom is 0.0130 e. The summed E-state index contributed by atoms with van der Waals surface area (Å²) in [6.07, 6.45) is 11.8. The minimum absolute atomic E-state index is 0.690. The minimum Gasteiger partial charge on any atom is -0.314 e. The van der Waals surface area contributed by atoms with Crippen LogP contribution in [0.1, 0.15) is 51.9 Å². The zero-order valence-corrected chi connectivity index (χ0v) is 9.60. The van der Waals surface area contributed by atoms with Gasteiger partial charge in [-0.25, -0.2) is 0 Å². The van der Waals surface area contributed by atoms with Crippen molar-refractivity contribution in [1.82, 2.24) is 5.32 Å². The van der Waals surface area contributed by atoms with Crippen molar-refractivity contribution in [3.63, 3.8) is 0 Å². The third kappa shape index (κ3) is 3.83. The summed E-state index contributed by atoms with van der Waals surface area (Å²) in [5, 5.41) is 3.61. The summed E-state index contributed by atoms with van der Waals surface area (Å²) in [4.78, 5) is 0. The molecule has 1 rings (SSSR count). The van der Waals surface area contributed by atoms with Crippen LogP contribution in [0.3, 0.4) is 0 Å². The van der Waals surface area contributed by atoms with Gasteiger partial charge in [0, 0.05) is 6.04 Å². The maximum absolute atomic E-state index is 3.86. The third-order valence-corrected chi connectivity index (χ3v) is 3.36. The quantitative estimate of drug-likeness (QED) is 0.523. The first kappa shape index (κ1) is 11.8. The first-order chi connectivity index (χ1) is 6.88. The fraction of sp³-hybridized carbons (Fsp3) is 0.846. The van der Waals surface area contributed by atoms with E-state index in [1.807, 2.05) is 0 Å². The first-order valence-corrected chi connectivity index (χ1v) is 6.22. The second kappa shape index (κ2) is 7.05. The molecule has 0 spiro atoms. The molecule has 1 aliphatic rings. The Kier molecular flexibility index (Phi) is 5.93. The molecular weight excluding hydrogens is 170 g/mol. The van der Waals surface area contributed by atoms with Crippen LogP contribution in [-0.4, -0.2) is 12.6 Å². The number of hydrogen-bond donors (Lipinski definition) is 1. The van der Waals surface area contributed by atoms with E-state index in [1.165, 1.54) is 38.5 Å². The highest BCUT2D eigenvalue weighted by molar-refractivity contribution is 4.84. The van der Waals surface area contributed by atoms with E-state index < -0.39 is 0 Å². The Balaban J connectivity index is 2.41. The van der Waals surface area contributed by atoms with Gasteiger partial charge in [0.1, 0.15) is 0 Å². The number of nitrogens with one attached hydrogen (secondary N) is 1. The van der Waals surface area contributed by atoms with Crippen molar-refractivity contribution < 1.29 is 0 Å². The Morgan fingerprint density at radius 1 is 1.29 bits per heavy atom. The summed E-state index contributed by atoms with van der Waals surface area (Å²) in [6, 6.07) is 0.690. The summed E-state index contributed by atoms with van der Waals surface area (Å²) in [6.45, 7) is 7.15. The Labute approximate surface area is 89.0 Å². The van der Waals surface area contributed by atoms with E-state index in [9.17, 15) is 0 Å². The standard InChI is InChI=1S/C13H25N/c1-3-9-13(14-4-2)12-10-7-5-6-8-11-12/h3,12-14H,1,4-11H2,2H3. The molecule has 1 fully saturated rings. The molecule has 1 atom stereocenters. The maximum atomic E-state index is 3.86. The molecule has 82 valence electrons. The Bertz CT molecular complexity index is 145. The van der Waals surface area contributed by atoms with Crippen molar-refractivity contribution in [1.29, 1.82) is 0 Å². The Morgan fingerprint density at radius 3 is 2.43 bits per heavy atom. The van der Waals surface area contributed by atoms with Crippen LogP contribution >= 0.6 is 0 Å². The van der Waals surface area contributed by atoms with Gasteiger partial charge in [-0.05, 0) is 31.7 Å². The van der Waals surface area contributed by atoms with E-state index in [0.29, 0.717) is 6.04 Å². The predicted molar refractivity (Wildman–Crippen MR) is 63.5 cm³/mol. The molecule has 1 nitrogen and oxygen atoms in total. The van der Waals surface area contributed by atoms with Gasteiger partial charge in [-0.2, -0.15) is 0 Å². The molecule has 0 saturated heterocycles. The summed E-state index contributed by atoms with van der Waals surface area (Å²) in [7, 11) is 0. The van der Waals surface area contributed by atoms with Crippen LogP contribution in [-0.2, 0) is 0 Å². The van der Waals surface area contributed by atoms with E-state index >= 15 is 0 Å². The molecule has 0 aromatic heterocycles. The smallest absolute Gasteiger partial charge is 0.0130 e. The van der Waals surface area contributed by atoms with Gasteiger partial charge in [0.15, 0.2) is 0 Å². The predicted octanol–water partition coefficient (Wildman–Crippen LogP) is 3.51. The molecule has 0 aliphatic heterocycles. The van der Waals surface area contributed by atoms with Crippen molar-refractivity contribution >= 4 is 0 Å². The molecular formula is C13H25N. The van der Waals surface area contributed by atoms with Crippen LogP contribution in [0.4, 0.5) is 0 Å². The lowest BCUT2D eigenvalue weighted by atomic mass is 9.90. The van der Waals surface area contributed by atoms with Crippen LogP contribution in [0.25, 0.3) is 0 Å². The van der Waals surface area contributed by atoms with E-state index in [-0.39, 0.29) is 0 Å². The van der Waals surface area contributed by atoms with Crippen LogP contribution in [0.15, 0.2) is 12.7 Å². The summed E-state index contributed by atoms with van der Waals surface area (Å²) >= 11 is 0. The highest BCUT2D eigenvalue weighted by Gasteiger charge is 2.20. The molecule has 0 bridgehead atoms. The van der Waals surface area contributed by atoms with Gasteiger partial charge >= 0.3 is 0 Å². The van der Waals surface area contributed by atoms with Crippen molar-refractivity contribution in [2.45, 2.75) is 57.9 Å². The lowest BCUT2D eigenvalue weighted by molar-refractivity contribution is 0.325. The lowest BCUT2D eigenvalue weighted by Crippen LogP contribution is -2.35. The van der Waals surface area contributed by atoms with Gasteiger partial charge in [-0.3, -0.25) is 0 Å². The SMILES string of the molecule is C=CCC(NCC)C1CCCCCC1. The lowest BCUT2D eigenvalue weighted by Gasteiger charge is -2.25. The largest absolute Gasteiger partial charge is 0.314 e. The van der Waals surface area contributed by atoms with Crippen molar-refractivity contribution in [3.8, 4) is 0 Å².